The Hall–Kier alpha value is -1.61. The summed E-state index contributed by atoms with van der Waals surface area (Å²) < 4.78 is 0. The summed E-state index contributed by atoms with van der Waals surface area (Å²) >= 11 is 0. The molecule has 1 aliphatic rings. The average Bonchev–Trinajstić information content (AvgIpc) is 2.66. The highest BCUT2D eigenvalue weighted by molar-refractivity contribution is 6.04. The van der Waals surface area contributed by atoms with Gasteiger partial charge in [-0.25, -0.2) is 4.99 Å². The van der Waals surface area contributed by atoms with E-state index < -0.39 is 0 Å². The van der Waals surface area contributed by atoms with Crippen molar-refractivity contribution in [2.75, 3.05) is 13.1 Å². The van der Waals surface area contributed by atoms with Crippen molar-refractivity contribution < 1.29 is 5.11 Å². The van der Waals surface area contributed by atoms with Crippen LogP contribution in [-0.4, -0.2) is 34.8 Å². The van der Waals surface area contributed by atoms with E-state index in [1.54, 1.807) is 0 Å². The molecule has 1 fully saturated rings. The van der Waals surface area contributed by atoms with Crippen LogP contribution in [0.1, 0.15) is 80.6 Å². The first-order valence-corrected chi connectivity index (χ1v) is 11.1. The van der Waals surface area contributed by atoms with E-state index in [1.807, 2.05) is 6.92 Å². The second-order valence-electron chi connectivity index (χ2n) is 8.09. The first-order chi connectivity index (χ1) is 13.4. The smallest absolute Gasteiger partial charge is 0.105 e. The molecule has 0 aromatic rings. The van der Waals surface area contributed by atoms with Gasteiger partial charge in [0.25, 0.3) is 0 Å². The van der Waals surface area contributed by atoms with Crippen LogP contribution in [0.5, 0.6) is 0 Å². The molecular weight excluding hydrogens is 344 g/mol. The lowest BCUT2D eigenvalue weighted by atomic mass is 9.93. The zero-order valence-electron chi connectivity index (χ0n) is 19.3. The lowest BCUT2D eigenvalue weighted by Gasteiger charge is -2.42. The largest absolute Gasteiger partial charge is 0.513 e. The maximum atomic E-state index is 9.78. The van der Waals surface area contributed by atoms with Crippen molar-refractivity contribution in [1.82, 2.24) is 4.90 Å². The minimum Gasteiger partial charge on any atom is -0.513 e. The van der Waals surface area contributed by atoms with Gasteiger partial charge in [-0.15, -0.1) is 0 Å². The third-order valence-corrected chi connectivity index (χ3v) is 5.45. The Morgan fingerprint density at radius 2 is 1.82 bits per heavy atom. The molecule has 158 valence electrons. The summed E-state index contributed by atoms with van der Waals surface area (Å²) in [5, 5.41) is 9.78. The number of hydrogen-bond donors (Lipinski definition) is 1. The minimum absolute atomic E-state index is 0.494. The number of rotatable bonds is 11. The van der Waals surface area contributed by atoms with E-state index in [4.69, 9.17) is 4.99 Å². The second-order valence-corrected chi connectivity index (χ2v) is 8.09. The molecule has 0 aromatic heterocycles. The van der Waals surface area contributed by atoms with Crippen molar-refractivity contribution in [2.45, 2.75) is 86.6 Å². The Labute approximate surface area is 173 Å². The van der Waals surface area contributed by atoms with Crippen LogP contribution in [0, 0.1) is 5.92 Å². The summed E-state index contributed by atoms with van der Waals surface area (Å²) in [7, 11) is 0. The average molecular weight is 387 g/mol. The highest BCUT2D eigenvalue weighted by Crippen LogP contribution is 2.25. The maximum Gasteiger partial charge on any atom is 0.105 e. The second kappa shape index (κ2) is 12.8. The van der Waals surface area contributed by atoms with Crippen molar-refractivity contribution in [3.05, 3.63) is 46.9 Å². The predicted octanol–water partition coefficient (Wildman–Crippen LogP) is 7.00. The molecule has 0 radical (unpaired) electrons. The van der Waals surface area contributed by atoms with Gasteiger partial charge in [0.05, 0.1) is 0 Å². The van der Waals surface area contributed by atoms with E-state index >= 15 is 0 Å². The lowest BCUT2D eigenvalue weighted by Crippen LogP contribution is -2.50. The van der Waals surface area contributed by atoms with Gasteiger partial charge in [0.2, 0.25) is 0 Å². The van der Waals surface area contributed by atoms with Crippen molar-refractivity contribution in [3.8, 4) is 0 Å². The summed E-state index contributed by atoms with van der Waals surface area (Å²) in [6.07, 6.45) is 13.1. The molecular formula is C25H42N2O. The van der Waals surface area contributed by atoms with Gasteiger partial charge < -0.3 is 5.11 Å². The fourth-order valence-electron chi connectivity index (χ4n) is 3.82. The van der Waals surface area contributed by atoms with Crippen LogP contribution in [0.15, 0.2) is 51.9 Å². The van der Waals surface area contributed by atoms with E-state index in [2.05, 4.69) is 64.7 Å². The van der Waals surface area contributed by atoms with Gasteiger partial charge in [-0.3, -0.25) is 4.90 Å². The van der Waals surface area contributed by atoms with Gasteiger partial charge >= 0.3 is 0 Å². The molecule has 1 atom stereocenters. The molecule has 0 aliphatic carbocycles. The van der Waals surface area contributed by atoms with Crippen molar-refractivity contribution in [1.29, 1.82) is 0 Å². The van der Waals surface area contributed by atoms with Gasteiger partial charge in [0.1, 0.15) is 12.0 Å². The quantitative estimate of drug-likeness (QED) is 0.236. The first-order valence-electron chi connectivity index (χ1n) is 11.1. The van der Waals surface area contributed by atoms with E-state index in [0.29, 0.717) is 11.7 Å². The van der Waals surface area contributed by atoms with Gasteiger partial charge in [-0.2, -0.15) is 0 Å². The SMILES string of the molecule is C/C=C(C(\C)=C/C(CC)N1CC(C)C1)/C(CCC)=N/C(=C\O)C(/C)=C/CCC. The van der Waals surface area contributed by atoms with Crippen LogP contribution in [0.3, 0.4) is 0 Å². The maximum absolute atomic E-state index is 9.78. The third kappa shape index (κ3) is 7.09. The van der Waals surface area contributed by atoms with Gasteiger partial charge in [0.15, 0.2) is 0 Å². The highest BCUT2D eigenvalue weighted by Gasteiger charge is 2.27. The molecule has 0 amide bonds. The van der Waals surface area contributed by atoms with Crippen LogP contribution in [0.4, 0.5) is 0 Å². The number of aliphatic hydroxyl groups is 1. The molecule has 3 heteroatoms. The number of hydrogen-bond acceptors (Lipinski definition) is 3. The molecule has 1 N–H and O–H groups in total. The van der Waals surface area contributed by atoms with E-state index in [1.165, 1.54) is 24.2 Å². The summed E-state index contributed by atoms with van der Waals surface area (Å²) in [5.41, 5.74) is 5.27. The molecule has 0 bridgehead atoms. The first kappa shape index (κ1) is 24.4. The topological polar surface area (TPSA) is 35.8 Å². The van der Waals surface area contributed by atoms with Gasteiger partial charge in [0, 0.05) is 24.8 Å². The minimum atomic E-state index is 0.494. The molecule has 28 heavy (non-hydrogen) atoms. The third-order valence-electron chi connectivity index (χ3n) is 5.45. The van der Waals surface area contributed by atoms with Gasteiger partial charge in [-0.05, 0) is 62.7 Å². The molecule has 0 saturated carbocycles. The number of aliphatic hydroxyl groups excluding tert-OH is 1. The summed E-state index contributed by atoms with van der Waals surface area (Å²) in [5.74, 6) is 0.816. The van der Waals surface area contributed by atoms with E-state index in [0.717, 1.165) is 55.6 Å². The number of aliphatic imine (C=N–C) groups is 1. The number of allylic oxidation sites excluding steroid dienone is 5. The van der Waals surface area contributed by atoms with E-state index in [-0.39, 0.29) is 0 Å². The standard InChI is InChI=1S/C25H42N2O/c1-8-12-14-20(6)25(18-28)26-24(13-9-2)23(11-4)21(7)15-22(10-3)27-16-19(5)17-27/h11,14-15,18-19,22,28H,8-10,12-13,16-17H2,1-7H3/b20-14+,21-15-,23-11+,25-18-,26-24+. The van der Waals surface area contributed by atoms with Crippen LogP contribution < -0.4 is 0 Å². The Balaban J connectivity index is 3.15. The monoisotopic (exact) mass is 386 g/mol. The van der Waals surface area contributed by atoms with E-state index in [9.17, 15) is 5.11 Å². The number of likely N-dealkylation sites (tertiary alicyclic amines) is 1. The van der Waals surface area contributed by atoms with Crippen molar-refractivity contribution >= 4 is 5.71 Å². The summed E-state index contributed by atoms with van der Waals surface area (Å²) in [4.78, 5) is 7.45. The molecule has 1 unspecified atom stereocenters. The van der Waals surface area contributed by atoms with Crippen LogP contribution >= 0.6 is 0 Å². The molecule has 1 aliphatic heterocycles. The molecule has 0 aromatic carbocycles. The zero-order valence-corrected chi connectivity index (χ0v) is 19.3. The van der Waals surface area contributed by atoms with Crippen LogP contribution in [-0.2, 0) is 0 Å². The normalized spacial score (nSPS) is 19.8. The Morgan fingerprint density at radius 1 is 1.14 bits per heavy atom. The Morgan fingerprint density at radius 3 is 2.29 bits per heavy atom. The molecule has 3 nitrogen and oxygen atoms in total. The number of nitrogens with zero attached hydrogens (tertiary/aromatic N) is 2. The molecule has 1 heterocycles. The highest BCUT2D eigenvalue weighted by atomic mass is 16.2. The fraction of sp³-hybridized carbons (Fsp3) is 0.640. The lowest BCUT2D eigenvalue weighted by molar-refractivity contribution is 0.0810. The zero-order chi connectivity index (χ0) is 21.1. The summed E-state index contributed by atoms with van der Waals surface area (Å²) in [6, 6.07) is 0.494. The number of unbranched alkanes of at least 4 members (excludes halogenated alkanes) is 1. The predicted molar refractivity (Wildman–Crippen MR) is 124 cm³/mol. The molecule has 0 spiro atoms. The Kier molecular flexibility index (Phi) is 11.1. The van der Waals surface area contributed by atoms with Crippen molar-refractivity contribution in [3.63, 3.8) is 0 Å². The van der Waals surface area contributed by atoms with Crippen LogP contribution in [0.2, 0.25) is 0 Å². The van der Waals surface area contributed by atoms with Crippen LogP contribution in [0.25, 0.3) is 0 Å². The molecule has 1 rings (SSSR count). The fourth-order valence-corrected chi connectivity index (χ4v) is 3.82. The summed E-state index contributed by atoms with van der Waals surface area (Å²) in [6.45, 7) is 17.6. The van der Waals surface area contributed by atoms with Gasteiger partial charge in [-0.1, -0.05) is 58.8 Å². The molecule has 1 saturated heterocycles. The Bertz CT molecular complexity index is 631. The van der Waals surface area contributed by atoms with Crippen molar-refractivity contribution in [2.24, 2.45) is 10.9 Å².